The molecule has 0 radical (unpaired) electrons. The Morgan fingerprint density at radius 2 is 1.87 bits per heavy atom. The van der Waals surface area contributed by atoms with Crippen molar-refractivity contribution < 1.29 is 9.47 Å². The Morgan fingerprint density at radius 1 is 1.17 bits per heavy atom. The molecule has 3 rings (SSSR count). The number of rotatable bonds is 9. The molecule has 2 heterocycles. The molecule has 0 aliphatic carbocycles. The zero-order valence-corrected chi connectivity index (χ0v) is 19.1. The second-order valence-electron chi connectivity index (χ2n) is 7.94. The summed E-state index contributed by atoms with van der Waals surface area (Å²) in [5.41, 5.74) is 1.30. The van der Waals surface area contributed by atoms with Crippen LogP contribution in [0.25, 0.3) is 10.9 Å². The SMILES string of the molecule is CCN(CC)CCN(Cc1cc2cc3c(cc2[nH]c1=O)OCO3)C(=S)NCC(C)C. The maximum Gasteiger partial charge on any atom is 0.253 e. The van der Waals surface area contributed by atoms with Gasteiger partial charge >= 0.3 is 0 Å². The van der Waals surface area contributed by atoms with Crippen molar-refractivity contribution in [2.75, 3.05) is 39.5 Å². The Hall–Kier alpha value is -2.32. The molecule has 0 bridgehead atoms. The number of likely N-dealkylation sites (N-methyl/N-ethyl adjacent to an activating group) is 1. The summed E-state index contributed by atoms with van der Waals surface area (Å²) in [6.07, 6.45) is 0. The number of benzene rings is 1. The third kappa shape index (κ3) is 5.43. The van der Waals surface area contributed by atoms with Crippen LogP contribution in [-0.4, -0.2) is 59.4 Å². The van der Waals surface area contributed by atoms with E-state index < -0.39 is 0 Å². The molecule has 2 N–H and O–H groups in total. The average Bonchev–Trinajstić information content (AvgIpc) is 3.17. The van der Waals surface area contributed by atoms with Gasteiger partial charge in [-0.25, -0.2) is 0 Å². The van der Waals surface area contributed by atoms with Gasteiger partial charge in [0.1, 0.15) is 0 Å². The summed E-state index contributed by atoms with van der Waals surface area (Å²) in [4.78, 5) is 20.2. The largest absolute Gasteiger partial charge is 0.454 e. The predicted molar refractivity (Wildman–Crippen MR) is 124 cm³/mol. The highest BCUT2D eigenvalue weighted by Gasteiger charge is 2.18. The maximum atomic E-state index is 12.8. The summed E-state index contributed by atoms with van der Waals surface area (Å²) in [6, 6.07) is 5.65. The lowest BCUT2D eigenvalue weighted by molar-refractivity contribution is 0.174. The van der Waals surface area contributed by atoms with Gasteiger partial charge in [0.2, 0.25) is 6.79 Å². The number of aromatic nitrogens is 1. The van der Waals surface area contributed by atoms with Gasteiger partial charge in [-0.15, -0.1) is 0 Å². The van der Waals surface area contributed by atoms with E-state index in [1.165, 1.54) is 0 Å². The van der Waals surface area contributed by atoms with Gasteiger partial charge in [-0.1, -0.05) is 27.7 Å². The molecule has 0 fully saturated rings. The number of pyridine rings is 1. The summed E-state index contributed by atoms with van der Waals surface area (Å²) < 4.78 is 10.9. The molecule has 1 aliphatic rings. The minimum Gasteiger partial charge on any atom is -0.454 e. The van der Waals surface area contributed by atoms with Crippen LogP contribution < -0.4 is 20.3 Å². The fourth-order valence-corrected chi connectivity index (χ4v) is 3.66. The first-order valence-electron chi connectivity index (χ1n) is 10.6. The Bertz CT molecular complexity index is 940. The smallest absolute Gasteiger partial charge is 0.253 e. The Morgan fingerprint density at radius 3 is 2.53 bits per heavy atom. The van der Waals surface area contributed by atoms with Crippen molar-refractivity contribution in [1.29, 1.82) is 0 Å². The molecule has 0 saturated heterocycles. The number of nitrogens with one attached hydrogen (secondary N) is 2. The quantitative estimate of drug-likeness (QED) is 0.591. The van der Waals surface area contributed by atoms with Crippen LogP contribution in [0.4, 0.5) is 0 Å². The molecule has 0 saturated carbocycles. The molecule has 7 nitrogen and oxygen atoms in total. The van der Waals surface area contributed by atoms with Crippen LogP contribution in [0.1, 0.15) is 33.3 Å². The van der Waals surface area contributed by atoms with Crippen LogP contribution in [0.5, 0.6) is 11.5 Å². The second-order valence-corrected chi connectivity index (χ2v) is 8.33. The molecular weight excluding hydrogens is 400 g/mol. The topological polar surface area (TPSA) is 69.8 Å². The van der Waals surface area contributed by atoms with E-state index in [1.807, 2.05) is 18.2 Å². The summed E-state index contributed by atoms with van der Waals surface area (Å²) in [5.74, 6) is 1.85. The minimum atomic E-state index is -0.110. The molecule has 0 spiro atoms. The van der Waals surface area contributed by atoms with Crippen LogP contribution in [0.15, 0.2) is 23.0 Å². The first kappa shape index (κ1) is 22.4. The summed E-state index contributed by atoms with van der Waals surface area (Å²) >= 11 is 5.67. The standard InChI is InChI=1S/C22H32N4O3S/c1-5-25(6-2)7-8-26(22(30)23-12-15(3)4)13-17-9-16-10-19-20(29-14-28-19)11-18(16)24-21(17)27/h9-11,15H,5-8,12-14H2,1-4H3,(H,23,30)(H,24,27). The third-order valence-corrected chi connectivity index (χ3v) is 5.71. The normalized spacial score (nSPS) is 12.7. The van der Waals surface area contributed by atoms with E-state index >= 15 is 0 Å². The zero-order chi connectivity index (χ0) is 21.7. The zero-order valence-electron chi connectivity index (χ0n) is 18.3. The van der Waals surface area contributed by atoms with E-state index in [0.717, 1.165) is 43.6 Å². The third-order valence-electron chi connectivity index (χ3n) is 5.30. The molecule has 8 heteroatoms. The molecule has 164 valence electrons. The molecule has 0 atom stereocenters. The highest BCUT2D eigenvalue weighted by atomic mass is 32.1. The van der Waals surface area contributed by atoms with Crippen LogP contribution in [-0.2, 0) is 6.54 Å². The molecule has 1 aliphatic heterocycles. The lowest BCUT2D eigenvalue weighted by atomic mass is 10.1. The highest BCUT2D eigenvalue weighted by molar-refractivity contribution is 7.80. The monoisotopic (exact) mass is 432 g/mol. The highest BCUT2D eigenvalue weighted by Crippen LogP contribution is 2.35. The van der Waals surface area contributed by atoms with Crippen molar-refractivity contribution >= 4 is 28.2 Å². The minimum absolute atomic E-state index is 0.110. The van der Waals surface area contributed by atoms with Crippen molar-refractivity contribution in [2.24, 2.45) is 5.92 Å². The lowest BCUT2D eigenvalue weighted by Gasteiger charge is -2.29. The van der Waals surface area contributed by atoms with E-state index in [0.29, 0.717) is 34.6 Å². The van der Waals surface area contributed by atoms with E-state index in [2.05, 4.69) is 47.8 Å². The van der Waals surface area contributed by atoms with Crippen molar-refractivity contribution in [3.8, 4) is 11.5 Å². The first-order valence-corrected chi connectivity index (χ1v) is 11.0. The van der Waals surface area contributed by atoms with Gasteiger partial charge in [-0.05, 0) is 43.4 Å². The van der Waals surface area contributed by atoms with E-state index in [1.54, 1.807) is 0 Å². The number of fused-ring (bicyclic) bond motifs is 2. The van der Waals surface area contributed by atoms with Crippen LogP contribution in [0.3, 0.4) is 0 Å². The van der Waals surface area contributed by atoms with Crippen LogP contribution in [0.2, 0.25) is 0 Å². The number of hydrogen-bond donors (Lipinski definition) is 2. The van der Waals surface area contributed by atoms with E-state index in [4.69, 9.17) is 21.7 Å². The Labute approximate surface area is 183 Å². The Kier molecular flexibility index (Phi) is 7.55. The molecular formula is C22H32N4O3S. The summed E-state index contributed by atoms with van der Waals surface area (Å²) in [7, 11) is 0. The number of ether oxygens (including phenoxy) is 2. The fourth-order valence-electron chi connectivity index (χ4n) is 3.42. The molecule has 1 aromatic carbocycles. The molecule has 0 unspecified atom stereocenters. The van der Waals surface area contributed by atoms with Gasteiger partial charge in [0.25, 0.3) is 5.56 Å². The van der Waals surface area contributed by atoms with Crippen molar-refractivity contribution in [3.05, 3.63) is 34.1 Å². The average molecular weight is 433 g/mol. The van der Waals surface area contributed by atoms with Crippen LogP contribution in [0, 0.1) is 5.92 Å². The van der Waals surface area contributed by atoms with Gasteiger partial charge in [-0.3, -0.25) is 4.79 Å². The fraction of sp³-hybridized carbons (Fsp3) is 0.545. The Balaban J connectivity index is 1.83. The second kappa shape index (κ2) is 10.1. The van der Waals surface area contributed by atoms with Crippen molar-refractivity contribution in [3.63, 3.8) is 0 Å². The van der Waals surface area contributed by atoms with Gasteiger partial charge in [0, 0.05) is 36.7 Å². The molecule has 1 aromatic heterocycles. The van der Waals surface area contributed by atoms with Gasteiger partial charge in [0.15, 0.2) is 16.6 Å². The van der Waals surface area contributed by atoms with Gasteiger partial charge in [0.05, 0.1) is 12.1 Å². The molecule has 30 heavy (non-hydrogen) atoms. The van der Waals surface area contributed by atoms with Crippen LogP contribution >= 0.6 is 12.2 Å². The number of nitrogens with zero attached hydrogens (tertiary/aromatic N) is 2. The van der Waals surface area contributed by atoms with Gasteiger partial charge < -0.3 is 29.6 Å². The maximum absolute atomic E-state index is 12.8. The number of aromatic amines is 1. The number of H-pyrrole nitrogens is 1. The van der Waals surface area contributed by atoms with Gasteiger partial charge in [-0.2, -0.15) is 0 Å². The molecule has 2 aromatic rings. The first-order chi connectivity index (χ1) is 14.4. The summed E-state index contributed by atoms with van der Waals surface area (Å²) in [6.45, 7) is 13.7. The van der Waals surface area contributed by atoms with Crippen molar-refractivity contribution in [1.82, 2.24) is 20.1 Å². The van der Waals surface area contributed by atoms with E-state index in [-0.39, 0.29) is 12.4 Å². The van der Waals surface area contributed by atoms with Crippen molar-refractivity contribution in [2.45, 2.75) is 34.2 Å². The number of hydrogen-bond acceptors (Lipinski definition) is 5. The lowest BCUT2D eigenvalue weighted by Crippen LogP contribution is -2.45. The molecule has 0 amide bonds. The van der Waals surface area contributed by atoms with E-state index in [9.17, 15) is 4.79 Å². The predicted octanol–water partition coefficient (Wildman–Crippen LogP) is 2.93. The number of thiocarbonyl (C=S) groups is 1. The summed E-state index contributed by atoms with van der Waals surface area (Å²) in [5, 5.41) is 4.94.